The molecule has 2 rings (SSSR count). The normalized spacial score (nSPS) is 24.9. The van der Waals surface area contributed by atoms with Gasteiger partial charge < -0.3 is 9.84 Å². The van der Waals surface area contributed by atoms with Crippen molar-refractivity contribution in [1.29, 1.82) is 0 Å². The number of hydrogen-bond acceptors (Lipinski definition) is 2. The van der Waals surface area contributed by atoms with Gasteiger partial charge in [-0.2, -0.15) is 0 Å². The number of ether oxygens (including phenoxy) is 1. The molecule has 0 saturated carbocycles. The second-order valence-electron chi connectivity index (χ2n) is 4.69. The monoisotopic (exact) mass is 206 g/mol. The Kier molecular flexibility index (Phi) is 2.70. The maximum atomic E-state index is 10.0. The SMILES string of the molecule is Cc1ccc2c(c1)[C@@H](O)CC(C(C)C)O2. The summed E-state index contributed by atoms with van der Waals surface area (Å²) in [6.45, 7) is 6.27. The lowest BCUT2D eigenvalue weighted by Gasteiger charge is -2.32. The molecule has 0 fully saturated rings. The zero-order valence-corrected chi connectivity index (χ0v) is 9.53. The number of aryl methyl sites for hydroxylation is 1. The fraction of sp³-hybridized carbons (Fsp3) is 0.538. The van der Waals surface area contributed by atoms with Crippen LogP contribution < -0.4 is 4.74 Å². The van der Waals surface area contributed by atoms with Gasteiger partial charge in [-0.25, -0.2) is 0 Å². The lowest BCUT2D eigenvalue weighted by molar-refractivity contribution is 0.0426. The van der Waals surface area contributed by atoms with E-state index in [0.29, 0.717) is 12.3 Å². The number of fused-ring (bicyclic) bond motifs is 1. The van der Waals surface area contributed by atoms with Crippen LogP contribution in [0.2, 0.25) is 0 Å². The molecule has 1 aromatic rings. The Labute approximate surface area is 90.9 Å². The highest BCUT2D eigenvalue weighted by Gasteiger charge is 2.28. The van der Waals surface area contributed by atoms with Gasteiger partial charge in [-0.3, -0.25) is 0 Å². The first-order valence-electron chi connectivity index (χ1n) is 5.53. The molecule has 2 atom stereocenters. The maximum absolute atomic E-state index is 10.0. The molecule has 0 bridgehead atoms. The predicted octanol–water partition coefficient (Wildman–Crippen LogP) is 2.84. The van der Waals surface area contributed by atoms with Crippen LogP contribution in [-0.2, 0) is 0 Å². The van der Waals surface area contributed by atoms with Crippen molar-refractivity contribution in [2.75, 3.05) is 0 Å². The molecule has 1 N–H and O–H groups in total. The van der Waals surface area contributed by atoms with Crippen LogP contribution in [0.3, 0.4) is 0 Å². The molecule has 0 radical (unpaired) electrons. The van der Waals surface area contributed by atoms with Crippen LogP contribution in [0.15, 0.2) is 18.2 Å². The average molecular weight is 206 g/mol. The smallest absolute Gasteiger partial charge is 0.125 e. The van der Waals surface area contributed by atoms with Gasteiger partial charge in [-0.1, -0.05) is 25.5 Å². The molecule has 15 heavy (non-hydrogen) atoms. The van der Waals surface area contributed by atoms with Crippen molar-refractivity contribution in [2.24, 2.45) is 5.92 Å². The summed E-state index contributed by atoms with van der Waals surface area (Å²) in [4.78, 5) is 0. The summed E-state index contributed by atoms with van der Waals surface area (Å²) in [5, 5.41) is 10.0. The van der Waals surface area contributed by atoms with Crippen LogP contribution >= 0.6 is 0 Å². The number of benzene rings is 1. The summed E-state index contributed by atoms with van der Waals surface area (Å²) < 4.78 is 5.86. The van der Waals surface area contributed by atoms with E-state index in [4.69, 9.17) is 4.74 Å². The molecule has 1 aliphatic heterocycles. The third kappa shape index (κ3) is 2.00. The Hall–Kier alpha value is -1.02. The predicted molar refractivity (Wildman–Crippen MR) is 60.0 cm³/mol. The van der Waals surface area contributed by atoms with E-state index >= 15 is 0 Å². The zero-order chi connectivity index (χ0) is 11.0. The molecule has 0 aliphatic carbocycles. The Bertz CT molecular complexity index is 358. The molecule has 1 aliphatic rings. The van der Waals surface area contributed by atoms with Crippen LogP contribution in [0, 0.1) is 12.8 Å². The lowest BCUT2D eigenvalue weighted by atomic mass is 9.92. The summed E-state index contributed by atoms with van der Waals surface area (Å²) in [6, 6.07) is 5.99. The zero-order valence-electron chi connectivity index (χ0n) is 9.53. The van der Waals surface area contributed by atoms with Crippen molar-refractivity contribution in [3.8, 4) is 5.75 Å². The summed E-state index contributed by atoms with van der Waals surface area (Å²) in [6.07, 6.45) is 0.463. The third-order valence-electron chi connectivity index (χ3n) is 3.00. The van der Waals surface area contributed by atoms with Gasteiger partial charge in [0, 0.05) is 12.0 Å². The van der Waals surface area contributed by atoms with E-state index in [2.05, 4.69) is 13.8 Å². The molecule has 0 aromatic heterocycles. The van der Waals surface area contributed by atoms with E-state index in [0.717, 1.165) is 11.3 Å². The highest BCUT2D eigenvalue weighted by molar-refractivity contribution is 5.40. The Morgan fingerprint density at radius 2 is 2.13 bits per heavy atom. The molecule has 0 spiro atoms. The highest BCUT2D eigenvalue weighted by Crippen LogP contribution is 2.37. The van der Waals surface area contributed by atoms with Gasteiger partial charge in [-0.05, 0) is 25.0 Å². The van der Waals surface area contributed by atoms with Crippen LogP contribution in [-0.4, -0.2) is 11.2 Å². The Morgan fingerprint density at radius 1 is 1.40 bits per heavy atom. The molecule has 2 nitrogen and oxygen atoms in total. The van der Waals surface area contributed by atoms with E-state index < -0.39 is 0 Å². The van der Waals surface area contributed by atoms with Crippen molar-refractivity contribution in [3.63, 3.8) is 0 Å². The summed E-state index contributed by atoms with van der Waals surface area (Å²) >= 11 is 0. The molecule has 0 amide bonds. The van der Waals surface area contributed by atoms with E-state index in [1.54, 1.807) is 0 Å². The molecule has 1 aromatic carbocycles. The number of aliphatic hydroxyl groups is 1. The fourth-order valence-corrected chi connectivity index (χ4v) is 2.00. The minimum Gasteiger partial charge on any atom is -0.490 e. The van der Waals surface area contributed by atoms with E-state index in [1.807, 2.05) is 25.1 Å². The van der Waals surface area contributed by atoms with E-state index in [9.17, 15) is 5.11 Å². The minimum atomic E-state index is -0.374. The summed E-state index contributed by atoms with van der Waals surface area (Å²) in [7, 11) is 0. The quantitative estimate of drug-likeness (QED) is 0.765. The van der Waals surface area contributed by atoms with Crippen molar-refractivity contribution >= 4 is 0 Å². The van der Waals surface area contributed by atoms with Gasteiger partial charge in [0.15, 0.2) is 0 Å². The second-order valence-corrected chi connectivity index (χ2v) is 4.69. The van der Waals surface area contributed by atoms with Crippen LogP contribution in [0.5, 0.6) is 5.75 Å². The van der Waals surface area contributed by atoms with Crippen molar-refractivity contribution in [1.82, 2.24) is 0 Å². The lowest BCUT2D eigenvalue weighted by Crippen LogP contribution is -2.30. The summed E-state index contributed by atoms with van der Waals surface area (Å²) in [5.74, 6) is 1.28. The van der Waals surface area contributed by atoms with Crippen LogP contribution in [0.1, 0.15) is 37.5 Å². The Morgan fingerprint density at radius 3 is 2.80 bits per heavy atom. The number of aliphatic hydroxyl groups excluding tert-OH is 1. The summed E-state index contributed by atoms with van der Waals surface area (Å²) in [5.41, 5.74) is 2.10. The van der Waals surface area contributed by atoms with Crippen molar-refractivity contribution in [3.05, 3.63) is 29.3 Å². The van der Waals surface area contributed by atoms with Crippen LogP contribution in [0.4, 0.5) is 0 Å². The highest BCUT2D eigenvalue weighted by atomic mass is 16.5. The Balaban J connectivity index is 2.32. The van der Waals surface area contributed by atoms with Crippen LogP contribution in [0.25, 0.3) is 0 Å². The van der Waals surface area contributed by atoms with Gasteiger partial charge in [0.05, 0.1) is 6.10 Å². The largest absolute Gasteiger partial charge is 0.490 e. The number of hydrogen-bond donors (Lipinski definition) is 1. The van der Waals surface area contributed by atoms with Gasteiger partial charge in [0.2, 0.25) is 0 Å². The minimum absolute atomic E-state index is 0.134. The molecule has 2 heteroatoms. The standard InChI is InChI=1S/C13H18O2/c1-8(2)13-7-11(14)10-6-9(3)4-5-12(10)15-13/h4-6,8,11,13-14H,7H2,1-3H3/t11-,13?/m0/s1. The topological polar surface area (TPSA) is 29.5 Å². The van der Waals surface area contributed by atoms with Crippen molar-refractivity contribution in [2.45, 2.75) is 39.4 Å². The van der Waals surface area contributed by atoms with Gasteiger partial charge in [-0.15, -0.1) is 0 Å². The first kappa shape index (κ1) is 10.5. The number of rotatable bonds is 1. The van der Waals surface area contributed by atoms with Gasteiger partial charge in [0.1, 0.15) is 11.9 Å². The molecular formula is C13H18O2. The first-order valence-corrected chi connectivity index (χ1v) is 5.53. The van der Waals surface area contributed by atoms with E-state index in [-0.39, 0.29) is 12.2 Å². The van der Waals surface area contributed by atoms with Gasteiger partial charge >= 0.3 is 0 Å². The van der Waals surface area contributed by atoms with Gasteiger partial charge in [0.25, 0.3) is 0 Å². The molecule has 82 valence electrons. The fourth-order valence-electron chi connectivity index (χ4n) is 2.00. The van der Waals surface area contributed by atoms with E-state index in [1.165, 1.54) is 5.56 Å². The molecule has 1 unspecified atom stereocenters. The first-order chi connectivity index (χ1) is 7.08. The third-order valence-corrected chi connectivity index (χ3v) is 3.00. The molecular weight excluding hydrogens is 188 g/mol. The molecule has 0 saturated heterocycles. The molecule has 1 heterocycles. The van der Waals surface area contributed by atoms with Crippen molar-refractivity contribution < 1.29 is 9.84 Å². The maximum Gasteiger partial charge on any atom is 0.125 e. The second kappa shape index (κ2) is 3.86. The average Bonchev–Trinajstić information content (AvgIpc) is 2.18.